The summed E-state index contributed by atoms with van der Waals surface area (Å²) in [5, 5.41) is 15.2. The fourth-order valence-electron chi connectivity index (χ4n) is 5.66. The maximum Gasteiger partial charge on any atom is 0.173 e. The lowest BCUT2D eigenvalue weighted by atomic mass is 9.94. The normalized spacial score (nSPS) is 18.7. The number of aromatic nitrogens is 5. The topological polar surface area (TPSA) is 63.0 Å². The number of benzene rings is 2. The quantitative estimate of drug-likeness (QED) is 0.381. The number of tetrazole rings is 1. The molecule has 1 aliphatic carbocycles. The lowest BCUT2D eigenvalue weighted by Crippen LogP contribution is -2.48. The summed E-state index contributed by atoms with van der Waals surface area (Å²) in [4.78, 5) is 9.46. The van der Waals surface area contributed by atoms with Gasteiger partial charge in [-0.3, -0.25) is 9.88 Å². The fraction of sp³-hybridized carbons (Fsp3) is 0.407. The zero-order valence-electron chi connectivity index (χ0n) is 19.8. The zero-order valence-corrected chi connectivity index (χ0v) is 20.6. The molecule has 0 unspecified atom stereocenters. The second kappa shape index (κ2) is 9.91. The molecule has 1 saturated carbocycles. The number of rotatable bonds is 5. The first-order valence-corrected chi connectivity index (χ1v) is 13.0. The maximum atomic E-state index is 6.26. The smallest absolute Gasteiger partial charge is 0.173 e. The van der Waals surface area contributed by atoms with E-state index in [1.54, 1.807) is 0 Å². The molecule has 2 fully saturated rings. The van der Waals surface area contributed by atoms with Crippen LogP contribution < -0.4 is 4.90 Å². The van der Waals surface area contributed by atoms with Crippen LogP contribution >= 0.6 is 11.6 Å². The van der Waals surface area contributed by atoms with Gasteiger partial charge < -0.3 is 4.90 Å². The summed E-state index contributed by atoms with van der Waals surface area (Å²) >= 11 is 6.26. The van der Waals surface area contributed by atoms with Crippen LogP contribution in [0.3, 0.4) is 0 Å². The summed E-state index contributed by atoms with van der Waals surface area (Å²) in [6.07, 6.45) is 7.94. The van der Waals surface area contributed by atoms with Crippen LogP contribution in [0.2, 0.25) is 5.02 Å². The van der Waals surface area contributed by atoms with E-state index in [1.165, 1.54) is 30.5 Å². The summed E-state index contributed by atoms with van der Waals surface area (Å²) in [5.74, 6) is 0.955. The molecule has 6 rings (SSSR count). The van der Waals surface area contributed by atoms with Gasteiger partial charge in [-0.25, -0.2) is 4.68 Å². The van der Waals surface area contributed by atoms with Crippen molar-refractivity contribution in [3.63, 3.8) is 0 Å². The number of fused-ring (bicyclic) bond motifs is 1. The van der Waals surface area contributed by atoms with E-state index in [2.05, 4.69) is 71.4 Å². The Morgan fingerprint density at radius 1 is 0.886 bits per heavy atom. The van der Waals surface area contributed by atoms with Gasteiger partial charge >= 0.3 is 0 Å². The Balaban J connectivity index is 1.34. The second-order valence-electron chi connectivity index (χ2n) is 9.63. The molecule has 1 aliphatic heterocycles. The van der Waals surface area contributed by atoms with Crippen LogP contribution in [-0.4, -0.2) is 56.3 Å². The molecule has 0 N–H and O–H groups in total. The number of pyridine rings is 1. The van der Waals surface area contributed by atoms with Gasteiger partial charge in [0.25, 0.3) is 0 Å². The van der Waals surface area contributed by atoms with E-state index < -0.39 is 0 Å². The maximum absolute atomic E-state index is 6.26. The highest BCUT2D eigenvalue weighted by Gasteiger charge is 2.33. The highest BCUT2D eigenvalue weighted by molar-refractivity contribution is 6.30. The van der Waals surface area contributed by atoms with Crippen LogP contribution in [0, 0.1) is 0 Å². The van der Waals surface area contributed by atoms with Crippen molar-refractivity contribution in [1.29, 1.82) is 0 Å². The van der Waals surface area contributed by atoms with Gasteiger partial charge in [0.2, 0.25) is 0 Å². The molecule has 2 aromatic carbocycles. The molecule has 8 heteroatoms. The van der Waals surface area contributed by atoms with E-state index in [1.807, 2.05) is 24.4 Å². The molecule has 2 aromatic heterocycles. The molecule has 7 nitrogen and oxygen atoms in total. The first-order valence-electron chi connectivity index (χ1n) is 12.6. The summed E-state index contributed by atoms with van der Waals surface area (Å²) < 4.78 is 2.13. The molecular formula is C27H30ClN7. The highest BCUT2D eigenvalue weighted by Crippen LogP contribution is 2.35. The summed E-state index contributed by atoms with van der Waals surface area (Å²) in [7, 11) is 0. The van der Waals surface area contributed by atoms with Gasteiger partial charge in [-0.15, -0.1) is 5.10 Å². The van der Waals surface area contributed by atoms with Gasteiger partial charge in [-0.05, 0) is 65.2 Å². The van der Waals surface area contributed by atoms with E-state index in [0.29, 0.717) is 6.04 Å². The molecule has 35 heavy (non-hydrogen) atoms. The Hall–Kier alpha value is -3.03. The Morgan fingerprint density at radius 3 is 2.57 bits per heavy atom. The summed E-state index contributed by atoms with van der Waals surface area (Å²) in [6, 6.07) is 19.2. The van der Waals surface area contributed by atoms with Gasteiger partial charge in [0.15, 0.2) is 5.82 Å². The van der Waals surface area contributed by atoms with Crippen LogP contribution in [-0.2, 0) is 0 Å². The number of hydrogen-bond donors (Lipinski definition) is 0. The largest absolute Gasteiger partial charge is 0.369 e. The van der Waals surface area contributed by atoms with E-state index in [-0.39, 0.29) is 6.04 Å². The minimum absolute atomic E-state index is 0.00181. The monoisotopic (exact) mass is 487 g/mol. The van der Waals surface area contributed by atoms with E-state index in [0.717, 1.165) is 60.8 Å². The average molecular weight is 488 g/mol. The van der Waals surface area contributed by atoms with Crippen LogP contribution in [0.15, 0.2) is 60.8 Å². The molecule has 0 amide bonds. The third kappa shape index (κ3) is 4.62. The minimum Gasteiger partial charge on any atom is -0.369 e. The number of nitrogens with zero attached hydrogens (tertiary/aromatic N) is 7. The number of hydrogen-bond acceptors (Lipinski definition) is 6. The van der Waals surface area contributed by atoms with Crippen molar-refractivity contribution >= 4 is 28.2 Å². The Labute approximate surface area is 210 Å². The van der Waals surface area contributed by atoms with E-state index in [4.69, 9.17) is 11.6 Å². The lowest BCUT2D eigenvalue weighted by molar-refractivity contribution is 0.193. The second-order valence-corrected chi connectivity index (χ2v) is 10.1. The molecule has 0 bridgehead atoms. The first kappa shape index (κ1) is 22.4. The predicted octanol–water partition coefficient (Wildman–Crippen LogP) is 5.29. The molecule has 0 radical (unpaired) electrons. The predicted molar refractivity (Wildman–Crippen MR) is 139 cm³/mol. The van der Waals surface area contributed by atoms with Crippen molar-refractivity contribution < 1.29 is 0 Å². The molecule has 1 saturated heterocycles. The Kier molecular flexibility index (Phi) is 6.35. The molecule has 3 heterocycles. The molecular weight excluding hydrogens is 458 g/mol. The van der Waals surface area contributed by atoms with Crippen molar-refractivity contribution in [3.05, 3.63) is 77.2 Å². The van der Waals surface area contributed by atoms with Gasteiger partial charge in [0.05, 0.1) is 17.6 Å². The van der Waals surface area contributed by atoms with Crippen LogP contribution in [0.25, 0.3) is 10.9 Å². The van der Waals surface area contributed by atoms with Gasteiger partial charge in [0, 0.05) is 48.5 Å². The molecule has 4 aromatic rings. The third-order valence-electron chi connectivity index (χ3n) is 7.48. The number of anilines is 1. The molecule has 1 atom stereocenters. The molecule has 180 valence electrons. The Morgan fingerprint density at radius 2 is 1.74 bits per heavy atom. The van der Waals surface area contributed by atoms with Crippen LogP contribution in [0.4, 0.5) is 5.69 Å². The summed E-state index contributed by atoms with van der Waals surface area (Å²) in [5.41, 5.74) is 3.40. The standard InChI is InChI=1S/C27H30ClN7/c28-22-7-4-10-24(19-22)33-14-16-34(17-15-33)26(21-11-12-25-20(18-21)6-5-13-29-25)27-30-31-32-35(27)23-8-2-1-3-9-23/h4-7,10-13,18-19,23,26H,1-3,8-9,14-17H2/t26-/m1/s1. The van der Waals surface area contributed by atoms with Crippen molar-refractivity contribution in [1.82, 2.24) is 30.1 Å². The number of halogens is 1. The molecule has 2 aliphatic rings. The number of piperazine rings is 1. The Bertz CT molecular complexity index is 1290. The fourth-order valence-corrected chi connectivity index (χ4v) is 5.85. The average Bonchev–Trinajstić information content (AvgIpc) is 3.39. The minimum atomic E-state index is -0.00181. The highest BCUT2D eigenvalue weighted by atomic mass is 35.5. The van der Waals surface area contributed by atoms with Crippen molar-refractivity contribution in [2.75, 3.05) is 31.1 Å². The van der Waals surface area contributed by atoms with Crippen molar-refractivity contribution in [2.24, 2.45) is 0 Å². The zero-order chi connectivity index (χ0) is 23.6. The van der Waals surface area contributed by atoms with Crippen LogP contribution in [0.5, 0.6) is 0 Å². The summed E-state index contributed by atoms with van der Waals surface area (Å²) in [6.45, 7) is 3.69. The van der Waals surface area contributed by atoms with E-state index >= 15 is 0 Å². The van der Waals surface area contributed by atoms with Gasteiger partial charge in [0.1, 0.15) is 0 Å². The van der Waals surface area contributed by atoms with Gasteiger partial charge in [-0.2, -0.15) is 0 Å². The SMILES string of the molecule is Clc1cccc(N2CCN([C@H](c3ccc4ncccc4c3)c3nnnn3C3CCCCC3)CC2)c1. The van der Waals surface area contributed by atoms with Crippen molar-refractivity contribution in [3.8, 4) is 0 Å². The lowest BCUT2D eigenvalue weighted by Gasteiger charge is -2.40. The third-order valence-corrected chi connectivity index (χ3v) is 7.71. The molecule has 0 spiro atoms. The van der Waals surface area contributed by atoms with E-state index in [9.17, 15) is 0 Å². The van der Waals surface area contributed by atoms with Crippen molar-refractivity contribution in [2.45, 2.75) is 44.2 Å². The van der Waals surface area contributed by atoms with Crippen LogP contribution in [0.1, 0.15) is 55.6 Å². The first-order chi connectivity index (χ1) is 17.3. The van der Waals surface area contributed by atoms with Gasteiger partial charge in [-0.1, -0.05) is 49.1 Å².